The fraction of sp³-hybridized carbons (Fsp3) is 0.867. The normalized spacial score (nSPS) is 25.6. The molecule has 0 aromatic heterocycles. The molecule has 1 N–H and O–H groups in total. The average molecular weight is 318 g/mol. The minimum Gasteiger partial charge on any atom is -0.466 e. The molecule has 0 bridgehead atoms. The van der Waals surface area contributed by atoms with Gasteiger partial charge in [-0.25, -0.2) is 13.6 Å². The molecule has 5 nitrogen and oxygen atoms in total. The molecule has 1 aliphatic heterocycles. The molecule has 126 valence electrons. The van der Waals surface area contributed by atoms with Crippen LogP contribution in [0, 0.1) is 5.92 Å². The van der Waals surface area contributed by atoms with Crippen molar-refractivity contribution in [3.8, 4) is 0 Å². The minimum atomic E-state index is -2.60. The number of alkyl halides is 2. The maximum Gasteiger partial charge on any atom is 0.317 e. The molecule has 1 saturated carbocycles. The summed E-state index contributed by atoms with van der Waals surface area (Å²) in [6, 6.07) is -0.459. The first kappa shape index (κ1) is 17.0. The van der Waals surface area contributed by atoms with Crippen molar-refractivity contribution in [2.45, 2.75) is 57.4 Å². The Labute approximate surface area is 129 Å². The molecule has 0 aromatic rings. The van der Waals surface area contributed by atoms with Crippen LogP contribution >= 0.6 is 0 Å². The molecule has 1 heterocycles. The van der Waals surface area contributed by atoms with Gasteiger partial charge in [-0.1, -0.05) is 0 Å². The van der Waals surface area contributed by atoms with Gasteiger partial charge in [-0.05, 0) is 32.6 Å². The molecule has 1 aliphatic carbocycles. The summed E-state index contributed by atoms with van der Waals surface area (Å²) in [4.78, 5) is 25.6. The van der Waals surface area contributed by atoms with Crippen LogP contribution in [0.5, 0.6) is 0 Å². The molecule has 0 spiro atoms. The van der Waals surface area contributed by atoms with E-state index in [9.17, 15) is 18.4 Å². The van der Waals surface area contributed by atoms with Crippen LogP contribution < -0.4 is 5.32 Å². The number of rotatable bonds is 3. The first-order valence-corrected chi connectivity index (χ1v) is 8.01. The van der Waals surface area contributed by atoms with Crippen LogP contribution in [0.25, 0.3) is 0 Å². The van der Waals surface area contributed by atoms with Crippen LogP contribution in [-0.2, 0) is 9.53 Å². The van der Waals surface area contributed by atoms with Crippen molar-refractivity contribution in [1.29, 1.82) is 0 Å². The van der Waals surface area contributed by atoms with Crippen molar-refractivity contribution >= 4 is 12.0 Å². The summed E-state index contributed by atoms with van der Waals surface area (Å²) in [6.07, 6.45) is 1.71. The van der Waals surface area contributed by atoms with Gasteiger partial charge in [-0.15, -0.1) is 0 Å². The van der Waals surface area contributed by atoms with Crippen molar-refractivity contribution in [2.24, 2.45) is 5.92 Å². The van der Waals surface area contributed by atoms with Crippen LogP contribution in [0.4, 0.5) is 13.6 Å². The molecule has 7 heteroatoms. The topological polar surface area (TPSA) is 58.6 Å². The first-order valence-electron chi connectivity index (χ1n) is 8.01. The van der Waals surface area contributed by atoms with Gasteiger partial charge in [0, 0.05) is 32.0 Å². The van der Waals surface area contributed by atoms with Crippen molar-refractivity contribution in [2.75, 3.05) is 19.7 Å². The molecule has 2 aliphatic rings. The third-order valence-electron chi connectivity index (χ3n) is 4.37. The van der Waals surface area contributed by atoms with Crippen LogP contribution in [0.2, 0.25) is 0 Å². The number of urea groups is 1. The zero-order chi connectivity index (χ0) is 16.2. The highest BCUT2D eigenvalue weighted by molar-refractivity contribution is 5.77. The fourth-order valence-corrected chi connectivity index (χ4v) is 3.06. The third kappa shape index (κ3) is 4.55. The number of esters is 1. The summed E-state index contributed by atoms with van der Waals surface area (Å²) in [5.74, 6) is -3.14. The first-order chi connectivity index (χ1) is 10.4. The summed E-state index contributed by atoms with van der Waals surface area (Å²) in [6.45, 7) is 3.01. The number of halogens is 2. The Kier molecular flexibility index (Phi) is 5.58. The van der Waals surface area contributed by atoms with Gasteiger partial charge in [0.15, 0.2) is 0 Å². The number of amides is 2. The number of piperidine rings is 1. The molecular weight excluding hydrogens is 294 g/mol. The maximum atomic E-state index is 13.1. The van der Waals surface area contributed by atoms with E-state index < -0.39 is 5.92 Å². The third-order valence-corrected chi connectivity index (χ3v) is 4.37. The number of carbonyl (C=O) groups is 2. The van der Waals surface area contributed by atoms with E-state index in [1.807, 2.05) is 0 Å². The second-order valence-electron chi connectivity index (χ2n) is 6.12. The van der Waals surface area contributed by atoms with E-state index in [0.29, 0.717) is 32.5 Å². The lowest BCUT2D eigenvalue weighted by Gasteiger charge is -2.34. The highest BCUT2D eigenvalue weighted by atomic mass is 19.3. The molecule has 0 unspecified atom stereocenters. The van der Waals surface area contributed by atoms with E-state index in [2.05, 4.69) is 5.32 Å². The van der Waals surface area contributed by atoms with Gasteiger partial charge in [0.1, 0.15) is 0 Å². The Morgan fingerprint density at radius 2 is 1.95 bits per heavy atom. The Morgan fingerprint density at radius 3 is 2.59 bits per heavy atom. The Bertz CT molecular complexity index is 408. The van der Waals surface area contributed by atoms with Crippen LogP contribution in [0.1, 0.15) is 45.4 Å². The largest absolute Gasteiger partial charge is 0.466 e. The van der Waals surface area contributed by atoms with Crippen LogP contribution in [-0.4, -0.2) is 48.6 Å². The van der Waals surface area contributed by atoms with Gasteiger partial charge in [0.05, 0.1) is 12.5 Å². The number of likely N-dealkylation sites (tertiary alicyclic amines) is 1. The maximum absolute atomic E-state index is 13.1. The van der Waals surface area contributed by atoms with E-state index in [-0.39, 0.29) is 36.8 Å². The molecule has 1 atom stereocenters. The van der Waals surface area contributed by atoms with Gasteiger partial charge in [0.25, 0.3) is 0 Å². The summed E-state index contributed by atoms with van der Waals surface area (Å²) in [5.41, 5.74) is 0. The van der Waals surface area contributed by atoms with E-state index in [0.717, 1.165) is 12.8 Å². The molecule has 22 heavy (non-hydrogen) atoms. The summed E-state index contributed by atoms with van der Waals surface area (Å²) >= 11 is 0. The van der Waals surface area contributed by atoms with Crippen LogP contribution in [0.15, 0.2) is 0 Å². The zero-order valence-corrected chi connectivity index (χ0v) is 12.9. The number of nitrogens with one attached hydrogen (secondary N) is 1. The lowest BCUT2D eigenvalue weighted by Crippen LogP contribution is -2.51. The quantitative estimate of drug-likeness (QED) is 0.814. The summed E-state index contributed by atoms with van der Waals surface area (Å²) in [5, 5.41) is 2.82. The Balaban J connectivity index is 1.81. The summed E-state index contributed by atoms with van der Waals surface area (Å²) < 4.78 is 31.2. The van der Waals surface area contributed by atoms with Gasteiger partial charge < -0.3 is 15.0 Å². The van der Waals surface area contributed by atoms with Gasteiger partial charge >= 0.3 is 12.0 Å². The van der Waals surface area contributed by atoms with Crippen molar-refractivity contribution < 1.29 is 23.1 Å². The number of hydrogen-bond donors (Lipinski definition) is 1. The SMILES string of the molecule is CCOC(=O)[C@@H]1CCCN(C(=O)NC2CCC(F)(F)CC2)C1. The molecular formula is C15H24F2N2O3. The lowest BCUT2D eigenvalue weighted by atomic mass is 9.92. The van der Waals surface area contributed by atoms with E-state index >= 15 is 0 Å². The standard InChI is InChI=1S/C15H24F2N2O3/c1-2-22-13(20)11-4-3-9-19(10-11)14(21)18-12-5-7-15(16,17)8-6-12/h11-12H,2-10H2,1H3,(H,18,21)/t11-/m1/s1. The second-order valence-corrected chi connectivity index (χ2v) is 6.12. The van der Waals surface area contributed by atoms with Crippen molar-refractivity contribution in [3.05, 3.63) is 0 Å². The van der Waals surface area contributed by atoms with Crippen molar-refractivity contribution in [1.82, 2.24) is 10.2 Å². The predicted octanol–water partition coefficient (Wildman–Crippen LogP) is 2.55. The number of carbonyl (C=O) groups excluding carboxylic acids is 2. The average Bonchev–Trinajstić information content (AvgIpc) is 2.50. The molecule has 0 radical (unpaired) electrons. The van der Waals surface area contributed by atoms with E-state index in [1.54, 1.807) is 11.8 Å². The smallest absolute Gasteiger partial charge is 0.317 e. The highest BCUT2D eigenvalue weighted by Crippen LogP contribution is 2.33. The lowest BCUT2D eigenvalue weighted by molar-refractivity contribution is -0.149. The molecule has 2 fully saturated rings. The number of hydrogen-bond acceptors (Lipinski definition) is 3. The molecule has 0 aromatic carbocycles. The van der Waals surface area contributed by atoms with Crippen molar-refractivity contribution in [3.63, 3.8) is 0 Å². The summed E-state index contributed by atoms with van der Waals surface area (Å²) in [7, 11) is 0. The molecule has 2 rings (SSSR count). The van der Waals surface area contributed by atoms with Crippen LogP contribution in [0.3, 0.4) is 0 Å². The number of nitrogens with zero attached hydrogens (tertiary/aromatic N) is 1. The number of ether oxygens (including phenoxy) is 1. The minimum absolute atomic E-state index is 0.177. The fourth-order valence-electron chi connectivity index (χ4n) is 3.06. The Morgan fingerprint density at radius 1 is 1.27 bits per heavy atom. The van der Waals surface area contributed by atoms with E-state index in [4.69, 9.17) is 4.74 Å². The van der Waals surface area contributed by atoms with Gasteiger partial charge in [-0.2, -0.15) is 0 Å². The second kappa shape index (κ2) is 7.24. The van der Waals surface area contributed by atoms with Gasteiger partial charge in [-0.3, -0.25) is 4.79 Å². The highest BCUT2D eigenvalue weighted by Gasteiger charge is 2.36. The molecule has 1 saturated heterocycles. The monoisotopic (exact) mass is 318 g/mol. The molecule has 2 amide bonds. The van der Waals surface area contributed by atoms with E-state index in [1.165, 1.54) is 0 Å². The Hall–Kier alpha value is -1.40. The van der Waals surface area contributed by atoms with Gasteiger partial charge in [0.2, 0.25) is 5.92 Å². The predicted molar refractivity (Wildman–Crippen MR) is 76.7 cm³/mol. The zero-order valence-electron chi connectivity index (χ0n) is 12.9.